The number of fused-ring (bicyclic) bond motifs is 1. The number of hydrogen-bond donors (Lipinski definition) is 2. The second kappa shape index (κ2) is 5.27. The molecule has 3 aliphatic rings. The molecule has 3 saturated heterocycles. The van der Waals surface area contributed by atoms with E-state index in [1.165, 1.54) is 0 Å². The summed E-state index contributed by atoms with van der Waals surface area (Å²) in [6.07, 6.45) is -3.44. The summed E-state index contributed by atoms with van der Waals surface area (Å²) in [4.78, 5) is 11.9. The molecule has 2 N–H and O–H groups in total. The first-order valence-electron chi connectivity index (χ1n) is 7.06. The fourth-order valence-electron chi connectivity index (χ4n) is 3.26. The minimum Gasteiger partial charge on any atom is -0.457 e. The zero-order valence-electron chi connectivity index (χ0n) is 12.3. The van der Waals surface area contributed by atoms with Gasteiger partial charge in [-0.3, -0.25) is 14.3 Å². The van der Waals surface area contributed by atoms with Crippen molar-refractivity contribution < 1.29 is 32.0 Å². The van der Waals surface area contributed by atoms with E-state index in [4.69, 9.17) is 13.7 Å². The molecule has 0 spiro atoms. The number of carbonyl (C=O) groups excluding carboxylic acids is 1. The van der Waals surface area contributed by atoms with E-state index in [9.17, 15) is 18.3 Å². The first-order valence-corrected chi connectivity index (χ1v) is 8.53. The zero-order valence-corrected chi connectivity index (χ0v) is 13.1. The number of esters is 1. The van der Waals surface area contributed by atoms with Gasteiger partial charge in [0.15, 0.2) is 5.25 Å². The molecule has 3 rings (SSSR count). The molecule has 9 heteroatoms. The van der Waals surface area contributed by atoms with Crippen molar-refractivity contribution in [1.82, 2.24) is 5.32 Å². The fraction of sp³-hybridized carbons (Fsp3) is 0.769. The van der Waals surface area contributed by atoms with E-state index >= 15 is 0 Å². The van der Waals surface area contributed by atoms with Crippen LogP contribution in [0.5, 0.6) is 0 Å². The number of aliphatic hydroxyl groups is 1. The van der Waals surface area contributed by atoms with E-state index in [0.29, 0.717) is 5.57 Å². The van der Waals surface area contributed by atoms with Crippen LogP contribution in [0.1, 0.15) is 13.8 Å². The van der Waals surface area contributed by atoms with Crippen LogP contribution in [-0.4, -0.2) is 61.9 Å². The lowest BCUT2D eigenvalue weighted by molar-refractivity contribution is -0.151. The molecule has 8 nitrogen and oxygen atoms in total. The van der Waals surface area contributed by atoms with Crippen LogP contribution in [0.15, 0.2) is 12.2 Å². The van der Waals surface area contributed by atoms with E-state index in [-0.39, 0.29) is 12.5 Å². The number of carbonyl (C=O) groups is 1. The number of rotatable bonds is 5. The monoisotopic (exact) mass is 333 g/mol. The van der Waals surface area contributed by atoms with Crippen molar-refractivity contribution in [3.8, 4) is 0 Å². The third-order valence-corrected chi connectivity index (χ3v) is 6.09. The molecule has 7 unspecified atom stereocenters. The Hall–Kier alpha value is -1.00. The van der Waals surface area contributed by atoms with E-state index in [1.807, 2.05) is 6.92 Å². The van der Waals surface area contributed by atoms with Crippen LogP contribution in [0.4, 0.5) is 0 Å². The van der Waals surface area contributed by atoms with Crippen LogP contribution < -0.4 is 5.32 Å². The molecular weight excluding hydrogens is 314 g/mol. The van der Waals surface area contributed by atoms with Crippen LogP contribution >= 0.6 is 0 Å². The van der Waals surface area contributed by atoms with E-state index < -0.39 is 52.0 Å². The maximum Gasteiger partial charge on any atom is 0.320 e. The molecule has 0 aromatic heterocycles. The van der Waals surface area contributed by atoms with Crippen LogP contribution in [0, 0.1) is 5.92 Å². The number of aliphatic hydroxyl groups excluding tert-OH is 1. The fourth-order valence-corrected chi connectivity index (χ4v) is 5.06. The van der Waals surface area contributed by atoms with E-state index in [1.54, 1.807) is 6.92 Å². The standard InChI is InChI=1S/C13H19NO7S/c1-5(2)13(16)14-4-7(15)19-10-8-6(3)9-11(20-8)12(10)22(17,18)21-9/h6,8-14,16H,1,4H2,2-3H3. The Morgan fingerprint density at radius 3 is 2.73 bits per heavy atom. The summed E-state index contributed by atoms with van der Waals surface area (Å²) in [5, 5.41) is 11.1. The minimum atomic E-state index is -3.79. The number of hydrogen-bond acceptors (Lipinski definition) is 8. The molecule has 22 heavy (non-hydrogen) atoms. The van der Waals surface area contributed by atoms with Crippen molar-refractivity contribution in [3.63, 3.8) is 0 Å². The second-order valence-corrected chi connectivity index (χ2v) is 7.75. The first kappa shape index (κ1) is 15.9. The van der Waals surface area contributed by atoms with Gasteiger partial charge >= 0.3 is 5.97 Å². The average molecular weight is 333 g/mol. The summed E-state index contributed by atoms with van der Waals surface area (Å²) in [6.45, 7) is 6.71. The molecule has 0 radical (unpaired) electrons. The maximum atomic E-state index is 12.0. The predicted molar refractivity (Wildman–Crippen MR) is 74.1 cm³/mol. The smallest absolute Gasteiger partial charge is 0.320 e. The van der Waals surface area contributed by atoms with Crippen LogP contribution in [0.3, 0.4) is 0 Å². The summed E-state index contributed by atoms with van der Waals surface area (Å²) in [6, 6.07) is 0. The Bertz CT molecular complexity index is 604. The highest BCUT2D eigenvalue weighted by Crippen LogP contribution is 2.50. The van der Waals surface area contributed by atoms with Gasteiger partial charge in [0.05, 0.1) is 6.54 Å². The molecule has 3 aliphatic heterocycles. The zero-order chi connectivity index (χ0) is 16.2. The van der Waals surface area contributed by atoms with Gasteiger partial charge in [-0.2, -0.15) is 8.42 Å². The van der Waals surface area contributed by atoms with Crippen molar-refractivity contribution in [2.75, 3.05) is 6.54 Å². The van der Waals surface area contributed by atoms with Crippen molar-refractivity contribution in [2.24, 2.45) is 5.92 Å². The highest BCUT2D eigenvalue weighted by molar-refractivity contribution is 7.87. The van der Waals surface area contributed by atoms with Crippen molar-refractivity contribution in [3.05, 3.63) is 12.2 Å². The maximum absolute atomic E-state index is 12.0. The van der Waals surface area contributed by atoms with Gasteiger partial charge in [-0.05, 0) is 12.5 Å². The third kappa shape index (κ3) is 2.37. The molecule has 3 heterocycles. The lowest BCUT2D eigenvalue weighted by Gasteiger charge is -2.26. The molecule has 124 valence electrons. The quantitative estimate of drug-likeness (QED) is 0.282. The Kier molecular flexibility index (Phi) is 3.81. The van der Waals surface area contributed by atoms with Gasteiger partial charge in [-0.25, -0.2) is 0 Å². The van der Waals surface area contributed by atoms with Crippen molar-refractivity contribution in [1.29, 1.82) is 0 Å². The SMILES string of the molecule is C=C(C)C(O)NCC(=O)OC1C2OC3C(OS(=O)(=O)C13)C2C. The molecule has 3 fully saturated rings. The summed E-state index contributed by atoms with van der Waals surface area (Å²) < 4.78 is 40.0. The van der Waals surface area contributed by atoms with Crippen LogP contribution in [0.25, 0.3) is 0 Å². The van der Waals surface area contributed by atoms with Gasteiger partial charge < -0.3 is 14.6 Å². The lowest BCUT2D eigenvalue weighted by atomic mass is 9.86. The van der Waals surface area contributed by atoms with Gasteiger partial charge in [-0.15, -0.1) is 0 Å². The third-order valence-electron chi connectivity index (χ3n) is 4.40. The molecule has 7 atom stereocenters. The van der Waals surface area contributed by atoms with Gasteiger partial charge in [0.25, 0.3) is 10.1 Å². The summed E-state index contributed by atoms with van der Waals surface area (Å²) in [7, 11) is -3.79. The molecule has 0 aromatic rings. The topological polar surface area (TPSA) is 111 Å². The van der Waals surface area contributed by atoms with Gasteiger partial charge in [0.1, 0.15) is 30.6 Å². The van der Waals surface area contributed by atoms with Gasteiger partial charge in [0.2, 0.25) is 0 Å². The molecular formula is C13H19NO7S. The van der Waals surface area contributed by atoms with Gasteiger partial charge in [0, 0.05) is 5.92 Å². The highest BCUT2D eigenvalue weighted by Gasteiger charge is 2.70. The summed E-state index contributed by atoms with van der Waals surface area (Å²) >= 11 is 0. The summed E-state index contributed by atoms with van der Waals surface area (Å²) in [5.41, 5.74) is 0.458. The summed E-state index contributed by atoms with van der Waals surface area (Å²) in [5.74, 6) is -0.822. The van der Waals surface area contributed by atoms with Crippen molar-refractivity contribution >= 4 is 16.1 Å². The Morgan fingerprint density at radius 2 is 2.09 bits per heavy atom. The normalized spacial score (nSPS) is 42.3. The second-order valence-electron chi connectivity index (χ2n) is 6.03. The van der Waals surface area contributed by atoms with E-state index in [0.717, 1.165) is 0 Å². The average Bonchev–Trinajstić information content (AvgIpc) is 2.99. The van der Waals surface area contributed by atoms with Gasteiger partial charge in [-0.1, -0.05) is 13.5 Å². The molecule has 0 aromatic carbocycles. The molecule has 0 amide bonds. The van der Waals surface area contributed by atoms with Crippen LogP contribution in [-0.2, 0) is 28.6 Å². The Morgan fingerprint density at radius 1 is 1.41 bits per heavy atom. The van der Waals surface area contributed by atoms with E-state index in [2.05, 4.69) is 11.9 Å². The molecule has 2 bridgehead atoms. The largest absolute Gasteiger partial charge is 0.457 e. The Labute approximate surface area is 128 Å². The lowest BCUT2D eigenvalue weighted by Crippen LogP contribution is -2.48. The molecule has 0 aliphatic carbocycles. The van der Waals surface area contributed by atoms with Crippen LogP contribution in [0.2, 0.25) is 0 Å². The Balaban J connectivity index is 1.66. The highest BCUT2D eigenvalue weighted by atomic mass is 32.2. The number of ether oxygens (including phenoxy) is 2. The van der Waals surface area contributed by atoms with Crippen molar-refractivity contribution in [2.45, 2.75) is 49.7 Å². The minimum absolute atomic E-state index is 0.162. The predicted octanol–water partition coefficient (Wildman–Crippen LogP) is -1.10. The number of nitrogens with one attached hydrogen (secondary N) is 1. The molecule has 0 saturated carbocycles. The first-order chi connectivity index (χ1) is 10.2.